The van der Waals surface area contributed by atoms with Crippen molar-refractivity contribution in [2.45, 2.75) is 33.4 Å². The number of hydrogen-bond acceptors (Lipinski definition) is 4. The minimum absolute atomic E-state index is 0.258. The van der Waals surface area contributed by atoms with Crippen LogP contribution in [0.25, 0.3) is 0 Å². The van der Waals surface area contributed by atoms with E-state index in [1.165, 1.54) is 6.92 Å². The molecule has 0 fully saturated rings. The molecule has 2 rings (SSSR count). The summed E-state index contributed by atoms with van der Waals surface area (Å²) in [5, 5.41) is 3.26. The number of rotatable bonds is 7. The van der Waals surface area contributed by atoms with Crippen LogP contribution in [-0.4, -0.2) is 24.6 Å². The van der Waals surface area contributed by atoms with E-state index in [-0.39, 0.29) is 13.2 Å². The average molecular weight is 376 g/mol. The number of hydrogen-bond donors (Lipinski definition) is 1. The molecule has 26 heavy (non-hydrogen) atoms. The van der Waals surface area contributed by atoms with Gasteiger partial charge in [-0.3, -0.25) is 4.79 Å². The maximum atomic E-state index is 12.1. The van der Waals surface area contributed by atoms with E-state index in [4.69, 9.17) is 21.1 Å². The lowest BCUT2D eigenvalue weighted by Crippen LogP contribution is -2.36. The van der Waals surface area contributed by atoms with Crippen LogP contribution in [0.15, 0.2) is 42.5 Å². The topological polar surface area (TPSA) is 64.6 Å². The first-order chi connectivity index (χ1) is 12.4. The molecule has 0 spiro atoms. The van der Waals surface area contributed by atoms with E-state index < -0.39 is 18.0 Å². The standard InChI is InChI=1S/C20H22ClNO4/c1-13-7-6-10-18(14(13)2)25-12-19(23)26-15(3)20(24)22-11-16-8-4-5-9-17(16)21/h4-10,15H,11-12H2,1-3H3,(H,22,24)/t15-/m1/s1. The van der Waals surface area contributed by atoms with Crippen molar-refractivity contribution in [1.29, 1.82) is 0 Å². The molecule has 5 nitrogen and oxygen atoms in total. The molecule has 0 radical (unpaired) electrons. The third kappa shape index (κ3) is 5.49. The Morgan fingerprint density at radius 3 is 2.58 bits per heavy atom. The van der Waals surface area contributed by atoms with Gasteiger partial charge in [0.2, 0.25) is 0 Å². The fourth-order valence-electron chi connectivity index (χ4n) is 2.27. The van der Waals surface area contributed by atoms with Gasteiger partial charge in [0.1, 0.15) is 5.75 Å². The van der Waals surface area contributed by atoms with Gasteiger partial charge in [-0.05, 0) is 49.6 Å². The first-order valence-electron chi connectivity index (χ1n) is 8.28. The van der Waals surface area contributed by atoms with Crippen molar-refractivity contribution in [2.75, 3.05) is 6.61 Å². The van der Waals surface area contributed by atoms with Gasteiger partial charge in [-0.2, -0.15) is 0 Å². The van der Waals surface area contributed by atoms with E-state index in [9.17, 15) is 9.59 Å². The molecular formula is C20H22ClNO4. The molecule has 1 N–H and O–H groups in total. The molecule has 0 unspecified atom stereocenters. The summed E-state index contributed by atoms with van der Waals surface area (Å²) in [7, 11) is 0. The molecule has 0 bridgehead atoms. The monoisotopic (exact) mass is 375 g/mol. The first-order valence-corrected chi connectivity index (χ1v) is 8.66. The Balaban J connectivity index is 1.79. The second-order valence-electron chi connectivity index (χ2n) is 5.93. The predicted molar refractivity (Wildman–Crippen MR) is 100 cm³/mol. The van der Waals surface area contributed by atoms with Crippen molar-refractivity contribution in [3.05, 3.63) is 64.2 Å². The maximum absolute atomic E-state index is 12.1. The van der Waals surface area contributed by atoms with Crippen LogP contribution < -0.4 is 10.1 Å². The number of aryl methyl sites for hydroxylation is 1. The van der Waals surface area contributed by atoms with E-state index in [2.05, 4.69) is 5.32 Å². The molecular weight excluding hydrogens is 354 g/mol. The molecule has 0 aromatic heterocycles. The van der Waals surface area contributed by atoms with Gasteiger partial charge in [0.25, 0.3) is 5.91 Å². The van der Waals surface area contributed by atoms with Crippen molar-refractivity contribution in [3.63, 3.8) is 0 Å². The van der Waals surface area contributed by atoms with E-state index in [1.807, 2.05) is 44.2 Å². The molecule has 138 valence electrons. The molecule has 6 heteroatoms. The molecule has 2 aromatic rings. The lowest BCUT2D eigenvalue weighted by Gasteiger charge is -2.15. The average Bonchev–Trinajstić information content (AvgIpc) is 2.62. The number of carbonyl (C=O) groups is 2. The van der Waals surface area contributed by atoms with Crippen LogP contribution in [0, 0.1) is 13.8 Å². The molecule has 1 atom stereocenters. The Kier molecular flexibility index (Phi) is 7.04. The fraction of sp³-hybridized carbons (Fsp3) is 0.300. The summed E-state index contributed by atoms with van der Waals surface area (Å²) in [4.78, 5) is 24.0. The highest BCUT2D eigenvalue weighted by Crippen LogP contribution is 2.20. The summed E-state index contributed by atoms with van der Waals surface area (Å²) in [6.07, 6.45) is -0.924. The number of halogens is 1. The SMILES string of the molecule is Cc1cccc(OCC(=O)O[C@H](C)C(=O)NCc2ccccc2Cl)c1C. The van der Waals surface area contributed by atoms with E-state index in [0.29, 0.717) is 10.8 Å². The molecule has 0 saturated carbocycles. The van der Waals surface area contributed by atoms with Crippen LogP contribution in [0.5, 0.6) is 5.75 Å². The molecule has 0 saturated heterocycles. The maximum Gasteiger partial charge on any atom is 0.344 e. The number of esters is 1. The van der Waals surface area contributed by atoms with Crippen molar-refractivity contribution in [1.82, 2.24) is 5.32 Å². The summed E-state index contributed by atoms with van der Waals surface area (Å²) >= 11 is 6.04. The largest absolute Gasteiger partial charge is 0.482 e. The van der Waals surface area contributed by atoms with Crippen molar-refractivity contribution < 1.29 is 19.1 Å². The molecule has 1 amide bonds. The molecule has 0 heterocycles. The van der Waals surface area contributed by atoms with E-state index >= 15 is 0 Å². The lowest BCUT2D eigenvalue weighted by molar-refractivity contribution is -0.156. The quantitative estimate of drug-likeness (QED) is 0.751. The van der Waals surface area contributed by atoms with Crippen LogP contribution in [-0.2, 0) is 20.9 Å². The normalized spacial score (nSPS) is 11.5. The Labute approximate surface area is 158 Å². The van der Waals surface area contributed by atoms with Crippen LogP contribution in [0.3, 0.4) is 0 Å². The second kappa shape index (κ2) is 9.25. The highest BCUT2D eigenvalue weighted by atomic mass is 35.5. The number of ether oxygens (including phenoxy) is 2. The van der Waals surface area contributed by atoms with Gasteiger partial charge in [-0.25, -0.2) is 4.79 Å². The van der Waals surface area contributed by atoms with Gasteiger partial charge in [0.15, 0.2) is 12.7 Å². The molecule has 0 aliphatic carbocycles. The Hall–Kier alpha value is -2.53. The zero-order valence-electron chi connectivity index (χ0n) is 15.0. The van der Waals surface area contributed by atoms with Crippen LogP contribution in [0.1, 0.15) is 23.6 Å². The summed E-state index contributed by atoms with van der Waals surface area (Å²) in [6.45, 7) is 5.40. The number of benzene rings is 2. The van der Waals surface area contributed by atoms with Crippen molar-refractivity contribution in [3.8, 4) is 5.75 Å². The Bertz CT molecular complexity index is 791. The van der Waals surface area contributed by atoms with E-state index in [0.717, 1.165) is 16.7 Å². The van der Waals surface area contributed by atoms with Crippen LogP contribution in [0.2, 0.25) is 5.02 Å². The first kappa shape index (κ1) is 19.8. The zero-order valence-corrected chi connectivity index (χ0v) is 15.8. The van der Waals surface area contributed by atoms with Gasteiger partial charge in [-0.1, -0.05) is 41.9 Å². The second-order valence-corrected chi connectivity index (χ2v) is 6.34. The number of nitrogens with one attached hydrogen (secondary N) is 1. The summed E-state index contributed by atoms with van der Waals surface area (Å²) in [5.74, 6) is -0.380. The third-order valence-electron chi connectivity index (χ3n) is 3.99. The van der Waals surface area contributed by atoms with Crippen LogP contribution >= 0.6 is 11.6 Å². The van der Waals surface area contributed by atoms with Crippen LogP contribution in [0.4, 0.5) is 0 Å². The zero-order chi connectivity index (χ0) is 19.1. The van der Waals surface area contributed by atoms with E-state index in [1.54, 1.807) is 12.1 Å². The Morgan fingerprint density at radius 2 is 1.85 bits per heavy atom. The van der Waals surface area contributed by atoms with Crippen molar-refractivity contribution >= 4 is 23.5 Å². The molecule has 0 aliphatic heterocycles. The molecule has 2 aromatic carbocycles. The summed E-state index contributed by atoms with van der Waals surface area (Å²) < 4.78 is 10.6. The van der Waals surface area contributed by atoms with Gasteiger partial charge >= 0.3 is 5.97 Å². The minimum atomic E-state index is -0.924. The summed E-state index contributed by atoms with van der Waals surface area (Å²) in [5.41, 5.74) is 2.83. The van der Waals surface area contributed by atoms with Gasteiger partial charge in [0, 0.05) is 11.6 Å². The highest BCUT2D eigenvalue weighted by Gasteiger charge is 2.18. The van der Waals surface area contributed by atoms with Gasteiger partial charge < -0.3 is 14.8 Å². The minimum Gasteiger partial charge on any atom is -0.482 e. The van der Waals surface area contributed by atoms with Gasteiger partial charge in [0.05, 0.1) is 0 Å². The fourth-order valence-corrected chi connectivity index (χ4v) is 2.47. The summed E-state index contributed by atoms with van der Waals surface area (Å²) in [6, 6.07) is 12.8. The predicted octanol–water partition coefficient (Wildman–Crippen LogP) is 3.58. The number of carbonyl (C=O) groups excluding carboxylic acids is 2. The smallest absolute Gasteiger partial charge is 0.344 e. The lowest BCUT2D eigenvalue weighted by atomic mass is 10.1. The highest BCUT2D eigenvalue weighted by molar-refractivity contribution is 6.31. The van der Waals surface area contributed by atoms with Gasteiger partial charge in [-0.15, -0.1) is 0 Å². The number of amides is 1. The Morgan fingerprint density at radius 1 is 1.12 bits per heavy atom. The third-order valence-corrected chi connectivity index (χ3v) is 4.36. The molecule has 0 aliphatic rings. The van der Waals surface area contributed by atoms with Crippen molar-refractivity contribution in [2.24, 2.45) is 0 Å².